The molecule has 0 amide bonds. The zero-order chi connectivity index (χ0) is 15.9. The Hall–Kier alpha value is -2.33. The Morgan fingerprint density at radius 1 is 1.23 bits per heavy atom. The van der Waals surface area contributed by atoms with Crippen LogP contribution in [0.15, 0.2) is 48.5 Å². The van der Waals surface area contributed by atoms with Crippen molar-refractivity contribution in [1.29, 1.82) is 0 Å². The van der Waals surface area contributed by atoms with Crippen molar-refractivity contribution in [2.75, 3.05) is 7.11 Å². The van der Waals surface area contributed by atoms with Gasteiger partial charge in [-0.1, -0.05) is 29.8 Å². The van der Waals surface area contributed by atoms with E-state index in [1.165, 1.54) is 19.3 Å². The van der Waals surface area contributed by atoms with Gasteiger partial charge < -0.3 is 9.47 Å². The molecule has 0 radical (unpaired) electrons. The lowest BCUT2D eigenvalue weighted by Gasteiger charge is -2.09. The molecule has 22 heavy (non-hydrogen) atoms. The molecule has 3 nitrogen and oxygen atoms in total. The quantitative estimate of drug-likeness (QED) is 0.610. The minimum absolute atomic E-state index is 0.0445. The van der Waals surface area contributed by atoms with Crippen LogP contribution in [0.25, 0.3) is 6.08 Å². The molecule has 0 bridgehead atoms. The molecular formula is C17H14ClFO3. The summed E-state index contributed by atoms with van der Waals surface area (Å²) in [5.74, 6) is -0.241. The third-order valence-corrected chi connectivity index (χ3v) is 3.29. The highest BCUT2D eigenvalue weighted by molar-refractivity contribution is 6.31. The Balaban J connectivity index is 2.00. The molecule has 0 N–H and O–H groups in total. The highest BCUT2D eigenvalue weighted by Gasteiger charge is 2.07. The van der Waals surface area contributed by atoms with Crippen LogP contribution in [0, 0.1) is 5.82 Å². The monoisotopic (exact) mass is 320 g/mol. The Morgan fingerprint density at radius 2 is 1.95 bits per heavy atom. The molecule has 0 aliphatic heterocycles. The van der Waals surface area contributed by atoms with E-state index in [0.717, 1.165) is 5.56 Å². The first-order chi connectivity index (χ1) is 10.6. The SMILES string of the molecule is COC(=O)/C=C/c1ccc(OCc2c(F)cccc2Cl)cc1. The molecule has 114 valence electrons. The van der Waals surface area contributed by atoms with Crippen molar-refractivity contribution in [3.63, 3.8) is 0 Å². The molecule has 0 aliphatic carbocycles. The summed E-state index contributed by atoms with van der Waals surface area (Å²) >= 11 is 5.93. The molecule has 2 rings (SSSR count). The summed E-state index contributed by atoms with van der Waals surface area (Å²) in [5.41, 5.74) is 1.14. The van der Waals surface area contributed by atoms with Crippen molar-refractivity contribution < 1.29 is 18.7 Å². The van der Waals surface area contributed by atoms with E-state index in [1.54, 1.807) is 42.5 Å². The number of carbonyl (C=O) groups excluding carboxylic acids is 1. The van der Waals surface area contributed by atoms with Gasteiger partial charge in [0.2, 0.25) is 0 Å². The maximum absolute atomic E-state index is 13.6. The molecule has 2 aromatic carbocycles. The van der Waals surface area contributed by atoms with Crippen LogP contribution in [0.3, 0.4) is 0 Å². The zero-order valence-electron chi connectivity index (χ0n) is 11.9. The van der Waals surface area contributed by atoms with Gasteiger partial charge in [0.25, 0.3) is 0 Å². The maximum Gasteiger partial charge on any atom is 0.330 e. The molecule has 0 heterocycles. The second-order valence-electron chi connectivity index (χ2n) is 4.41. The molecule has 0 unspecified atom stereocenters. The topological polar surface area (TPSA) is 35.5 Å². The first-order valence-electron chi connectivity index (χ1n) is 6.52. The Kier molecular flexibility index (Phi) is 5.55. The Bertz CT molecular complexity index is 661. The maximum atomic E-state index is 13.6. The third-order valence-electron chi connectivity index (χ3n) is 2.94. The summed E-state index contributed by atoms with van der Waals surface area (Å²) in [7, 11) is 1.32. The summed E-state index contributed by atoms with van der Waals surface area (Å²) in [4.78, 5) is 11.0. The smallest absolute Gasteiger partial charge is 0.330 e. The molecule has 0 aromatic heterocycles. The van der Waals surface area contributed by atoms with Crippen LogP contribution in [-0.4, -0.2) is 13.1 Å². The highest BCUT2D eigenvalue weighted by Crippen LogP contribution is 2.21. The van der Waals surface area contributed by atoms with Crippen molar-refractivity contribution in [2.24, 2.45) is 0 Å². The molecule has 0 fully saturated rings. The van der Waals surface area contributed by atoms with Gasteiger partial charge in [-0.25, -0.2) is 9.18 Å². The van der Waals surface area contributed by atoms with Crippen LogP contribution in [0.1, 0.15) is 11.1 Å². The average molecular weight is 321 g/mol. The van der Waals surface area contributed by atoms with Gasteiger partial charge >= 0.3 is 5.97 Å². The number of hydrogen-bond acceptors (Lipinski definition) is 3. The van der Waals surface area contributed by atoms with Crippen molar-refractivity contribution >= 4 is 23.6 Å². The van der Waals surface area contributed by atoms with Crippen LogP contribution in [-0.2, 0) is 16.1 Å². The van der Waals surface area contributed by atoms with Gasteiger partial charge in [-0.2, -0.15) is 0 Å². The lowest BCUT2D eigenvalue weighted by molar-refractivity contribution is -0.134. The van der Waals surface area contributed by atoms with E-state index < -0.39 is 11.8 Å². The van der Waals surface area contributed by atoms with E-state index in [9.17, 15) is 9.18 Å². The fourth-order valence-electron chi connectivity index (χ4n) is 1.73. The fourth-order valence-corrected chi connectivity index (χ4v) is 1.95. The van der Waals surface area contributed by atoms with Gasteiger partial charge in [-0.15, -0.1) is 0 Å². The van der Waals surface area contributed by atoms with Gasteiger partial charge in [0.05, 0.1) is 12.1 Å². The second kappa shape index (κ2) is 7.61. The van der Waals surface area contributed by atoms with E-state index in [0.29, 0.717) is 16.3 Å². The Morgan fingerprint density at radius 3 is 2.59 bits per heavy atom. The molecule has 0 saturated heterocycles. The molecular weight excluding hydrogens is 307 g/mol. The second-order valence-corrected chi connectivity index (χ2v) is 4.82. The van der Waals surface area contributed by atoms with E-state index in [4.69, 9.17) is 16.3 Å². The van der Waals surface area contributed by atoms with Crippen molar-refractivity contribution in [3.05, 3.63) is 70.5 Å². The van der Waals surface area contributed by atoms with Gasteiger partial charge in [0, 0.05) is 11.6 Å². The minimum atomic E-state index is -0.422. The number of benzene rings is 2. The number of carbonyl (C=O) groups is 1. The normalized spacial score (nSPS) is 10.7. The first-order valence-corrected chi connectivity index (χ1v) is 6.89. The van der Waals surface area contributed by atoms with Crippen molar-refractivity contribution in [2.45, 2.75) is 6.61 Å². The van der Waals surface area contributed by atoms with Crippen LogP contribution in [0.5, 0.6) is 5.75 Å². The molecule has 0 saturated carbocycles. The summed E-state index contributed by atoms with van der Waals surface area (Å²) in [6, 6.07) is 11.5. The predicted molar refractivity (Wildman–Crippen MR) is 83.2 cm³/mol. The highest BCUT2D eigenvalue weighted by atomic mass is 35.5. The molecule has 5 heteroatoms. The summed E-state index contributed by atoms with van der Waals surface area (Å²) in [6.07, 6.45) is 2.96. The lowest BCUT2D eigenvalue weighted by Crippen LogP contribution is -1.99. The third kappa shape index (κ3) is 4.33. The van der Waals surface area contributed by atoms with E-state index in [1.807, 2.05) is 0 Å². The van der Waals surface area contributed by atoms with E-state index in [-0.39, 0.29) is 6.61 Å². The Labute approximate surface area is 132 Å². The van der Waals surface area contributed by atoms with Gasteiger partial charge in [-0.3, -0.25) is 0 Å². The standard InChI is InChI=1S/C17H14ClFO3/c1-21-17(20)10-7-12-5-8-13(9-6-12)22-11-14-15(18)3-2-4-16(14)19/h2-10H,11H2,1H3/b10-7+. The van der Waals surface area contributed by atoms with Gasteiger partial charge in [-0.05, 0) is 35.9 Å². The van der Waals surface area contributed by atoms with Crippen LogP contribution in [0.4, 0.5) is 4.39 Å². The van der Waals surface area contributed by atoms with Crippen LogP contribution in [0.2, 0.25) is 5.02 Å². The van der Waals surface area contributed by atoms with Gasteiger partial charge in [0.15, 0.2) is 0 Å². The molecule has 2 aromatic rings. The number of hydrogen-bond donors (Lipinski definition) is 0. The number of esters is 1. The predicted octanol–water partition coefficient (Wildman–Crippen LogP) is 4.24. The molecule has 0 atom stereocenters. The van der Waals surface area contributed by atoms with E-state index in [2.05, 4.69) is 4.74 Å². The minimum Gasteiger partial charge on any atom is -0.489 e. The van der Waals surface area contributed by atoms with Crippen LogP contribution >= 0.6 is 11.6 Å². The fraction of sp³-hybridized carbons (Fsp3) is 0.118. The number of methoxy groups -OCH3 is 1. The van der Waals surface area contributed by atoms with Crippen molar-refractivity contribution in [3.8, 4) is 5.75 Å². The molecule has 0 spiro atoms. The first kappa shape index (κ1) is 16.0. The largest absolute Gasteiger partial charge is 0.489 e. The van der Waals surface area contributed by atoms with Gasteiger partial charge in [0.1, 0.15) is 18.2 Å². The summed E-state index contributed by atoms with van der Waals surface area (Å²) in [5, 5.41) is 0.331. The van der Waals surface area contributed by atoms with Crippen LogP contribution < -0.4 is 4.74 Å². The molecule has 0 aliphatic rings. The average Bonchev–Trinajstić information content (AvgIpc) is 2.53. The summed E-state index contributed by atoms with van der Waals surface area (Å²) in [6.45, 7) is 0.0445. The number of rotatable bonds is 5. The van der Waals surface area contributed by atoms with Crippen molar-refractivity contribution in [1.82, 2.24) is 0 Å². The summed E-state index contributed by atoms with van der Waals surface area (Å²) < 4.78 is 23.6. The lowest BCUT2D eigenvalue weighted by atomic mass is 10.2. The van der Waals surface area contributed by atoms with E-state index >= 15 is 0 Å². The number of ether oxygens (including phenoxy) is 2. The zero-order valence-corrected chi connectivity index (χ0v) is 12.6. The number of halogens is 2.